The lowest BCUT2D eigenvalue weighted by Gasteiger charge is -1.96. The van der Waals surface area contributed by atoms with E-state index < -0.39 is 0 Å². The smallest absolute Gasteiger partial charge is 0.144 e. The van der Waals surface area contributed by atoms with Gasteiger partial charge in [-0.3, -0.25) is 4.98 Å². The molecular formula is C11H10N3P. The fraction of sp³-hybridized carbons (Fsp3) is 0.0909. The van der Waals surface area contributed by atoms with E-state index in [1.165, 1.54) is 0 Å². The molecule has 15 heavy (non-hydrogen) atoms. The fourth-order valence-electron chi connectivity index (χ4n) is 1.86. The van der Waals surface area contributed by atoms with Crippen molar-refractivity contribution in [2.24, 2.45) is 0 Å². The van der Waals surface area contributed by atoms with Gasteiger partial charge in [-0.1, -0.05) is 0 Å². The van der Waals surface area contributed by atoms with Gasteiger partial charge in [0.1, 0.15) is 5.65 Å². The molecule has 0 aromatic carbocycles. The molecule has 3 aromatic heterocycles. The summed E-state index contributed by atoms with van der Waals surface area (Å²) in [5.74, 6) is 0. The molecule has 0 bridgehead atoms. The van der Waals surface area contributed by atoms with Gasteiger partial charge in [0, 0.05) is 28.9 Å². The third-order valence-electron chi connectivity index (χ3n) is 2.59. The van der Waals surface area contributed by atoms with Crippen molar-refractivity contribution in [2.45, 2.75) is 6.92 Å². The quantitative estimate of drug-likeness (QED) is 0.539. The van der Waals surface area contributed by atoms with Gasteiger partial charge in [-0.2, -0.15) is 0 Å². The summed E-state index contributed by atoms with van der Waals surface area (Å²) in [6.07, 6.45) is 3.68. The molecule has 0 aliphatic heterocycles. The molecule has 0 saturated heterocycles. The van der Waals surface area contributed by atoms with Crippen LogP contribution < -0.4 is 0 Å². The third kappa shape index (κ3) is 1.17. The number of fused-ring (bicyclic) bond motifs is 3. The molecule has 0 amide bonds. The molecule has 0 aliphatic carbocycles. The van der Waals surface area contributed by atoms with E-state index in [4.69, 9.17) is 0 Å². The van der Waals surface area contributed by atoms with Gasteiger partial charge < -0.3 is 4.34 Å². The van der Waals surface area contributed by atoms with Gasteiger partial charge in [0.15, 0.2) is 0 Å². The molecule has 3 rings (SSSR count). The van der Waals surface area contributed by atoms with Crippen LogP contribution in [0.5, 0.6) is 0 Å². The van der Waals surface area contributed by atoms with Crippen molar-refractivity contribution in [3.05, 3.63) is 36.3 Å². The van der Waals surface area contributed by atoms with Crippen LogP contribution in [-0.2, 0) is 0 Å². The lowest BCUT2D eigenvalue weighted by molar-refractivity contribution is 1.21. The highest BCUT2D eigenvalue weighted by Crippen LogP contribution is 2.28. The van der Waals surface area contributed by atoms with Crippen LogP contribution in [0.4, 0.5) is 0 Å². The summed E-state index contributed by atoms with van der Waals surface area (Å²) < 4.78 is 2.03. The van der Waals surface area contributed by atoms with Crippen molar-refractivity contribution < 1.29 is 0 Å². The number of hydrogen-bond donors (Lipinski definition) is 0. The van der Waals surface area contributed by atoms with Gasteiger partial charge in [-0.15, -0.1) is 0 Å². The molecule has 3 nitrogen and oxygen atoms in total. The molecule has 0 saturated carbocycles. The molecule has 3 heterocycles. The monoisotopic (exact) mass is 215 g/mol. The Morgan fingerprint density at radius 3 is 2.93 bits per heavy atom. The Balaban J connectivity index is 2.63. The van der Waals surface area contributed by atoms with Gasteiger partial charge in [-0.25, -0.2) is 4.98 Å². The van der Waals surface area contributed by atoms with Crippen LogP contribution in [0.3, 0.4) is 0 Å². The van der Waals surface area contributed by atoms with Crippen LogP contribution in [0.15, 0.2) is 30.6 Å². The van der Waals surface area contributed by atoms with E-state index in [2.05, 4.69) is 25.4 Å². The molecular weight excluding hydrogens is 205 g/mol. The first-order valence-corrected chi connectivity index (χ1v) is 5.26. The van der Waals surface area contributed by atoms with Crippen molar-refractivity contribution in [3.8, 4) is 0 Å². The number of hydrogen-bond acceptors (Lipinski definition) is 2. The summed E-state index contributed by atoms with van der Waals surface area (Å²) >= 11 is 0. The summed E-state index contributed by atoms with van der Waals surface area (Å²) in [5, 5.41) is 2.30. The maximum absolute atomic E-state index is 4.53. The second-order valence-corrected chi connectivity index (χ2v) is 4.10. The molecule has 4 heteroatoms. The Morgan fingerprint density at radius 1 is 1.20 bits per heavy atom. The topological polar surface area (TPSA) is 30.7 Å². The highest BCUT2D eigenvalue weighted by molar-refractivity contribution is 7.15. The number of aromatic nitrogens is 3. The van der Waals surface area contributed by atoms with Crippen molar-refractivity contribution in [1.82, 2.24) is 14.3 Å². The Hall–Kier alpha value is -1.47. The zero-order valence-corrected chi connectivity index (χ0v) is 9.46. The predicted octanol–water partition coefficient (Wildman–Crippen LogP) is 2.53. The maximum atomic E-state index is 4.53. The summed E-state index contributed by atoms with van der Waals surface area (Å²) in [5.41, 5.74) is 3.16. The molecule has 1 unspecified atom stereocenters. The average molecular weight is 215 g/mol. The summed E-state index contributed by atoms with van der Waals surface area (Å²) in [6, 6.07) is 6.13. The van der Waals surface area contributed by atoms with Crippen molar-refractivity contribution >= 4 is 31.3 Å². The average Bonchev–Trinajstić information content (AvgIpc) is 2.54. The van der Waals surface area contributed by atoms with Gasteiger partial charge in [-0.05, 0) is 34.5 Å². The molecule has 0 spiro atoms. The normalized spacial score (nSPS) is 11.3. The van der Waals surface area contributed by atoms with Gasteiger partial charge in [0.2, 0.25) is 0 Å². The highest BCUT2D eigenvalue weighted by Gasteiger charge is 2.08. The molecule has 0 N–H and O–H groups in total. The lowest BCUT2D eigenvalue weighted by Crippen LogP contribution is -1.84. The maximum Gasteiger partial charge on any atom is 0.144 e. The summed E-state index contributed by atoms with van der Waals surface area (Å²) in [7, 11) is 2.69. The molecule has 1 atom stereocenters. The zero-order valence-electron chi connectivity index (χ0n) is 8.31. The second-order valence-electron chi connectivity index (χ2n) is 3.59. The first-order chi connectivity index (χ1) is 7.27. The molecule has 74 valence electrons. The third-order valence-corrected chi connectivity index (χ3v) is 3.11. The van der Waals surface area contributed by atoms with E-state index in [0.29, 0.717) is 0 Å². The van der Waals surface area contributed by atoms with E-state index in [1.807, 2.05) is 29.6 Å². The second kappa shape index (κ2) is 3.01. The van der Waals surface area contributed by atoms with Crippen LogP contribution >= 0.6 is 9.39 Å². The van der Waals surface area contributed by atoms with Crippen molar-refractivity contribution in [2.75, 3.05) is 0 Å². The number of nitrogens with zero attached hydrogens (tertiary/aromatic N) is 3. The predicted molar refractivity (Wildman–Crippen MR) is 64.9 cm³/mol. The van der Waals surface area contributed by atoms with Gasteiger partial charge >= 0.3 is 0 Å². The highest BCUT2D eigenvalue weighted by atomic mass is 31.0. The summed E-state index contributed by atoms with van der Waals surface area (Å²) in [6.45, 7) is 2.00. The fourth-order valence-corrected chi connectivity index (χ4v) is 2.28. The molecule has 0 fully saturated rings. The minimum atomic E-state index is 0.989. The number of rotatable bonds is 0. The standard InChI is InChI=1S/C11H10N3P/c1-7-2-3-8-9-6-12-5-4-10(9)14(15)11(8)13-7/h2-6H,15H2,1H3. The number of aryl methyl sites for hydroxylation is 1. The first kappa shape index (κ1) is 8.81. The van der Waals surface area contributed by atoms with Crippen LogP contribution in [-0.4, -0.2) is 14.3 Å². The van der Waals surface area contributed by atoms with Crippen LogP contribution in [0.1, 0.15) is 5.69 Å². The SMILES string of the molecule is Cc1ccc2c3cnccc3n(P)c2n1. The Bertz CT molecular complexity index is 657. The Kier molecular flexibility index (Phi) is 1.77. The van der Waals surface area contributed by atoms with E-state index in [9.17, 15) is 0 Å². The lowest BCUT2D eigenvalue weighted by atomic mass is 10.2. The molecule has 0 radical (unpaired) electrons. The molecule has 3 aromatic rings. The van der Waals surface area contributed by atoms with E-state index in [0.717, 1.165) is 27.6 Å². The van der Waals surface area contributed by atoms with Crippen molar-refractivity contribution in [1.29, 1.82) is 0 Å². The zero-order chi connectivity index (χ0) is 10.4. The van der Waals surface area contributed by atoms with Gasteiger partial charge in [0.05, 0.1) is 5.52 Å². The van der Waals surface area contributed by atoms with E-state index in [-0.39, 0.29) is 0 Å². The van der Waals surface area contributed by atoms with E-state index >= 15 is 0 Å². The minimum Gasteiger partial charge on any atom is -0.310 e. The molecule has 0 aliphatic rings. The first-order valence-electron chi connectivity index (χ1n) is 4.74. The van der Waals surface area contributed by atoms with Crippen LogP contribution in [0.25, 0.3) is 21.9 Å². The Labute approximate surface area is 89.4 Å². The van der Waals surface area contributed by atoms with Crippen LogP contribution in [0, 0.1) is 6.92 Å². The number of pyridine rings is 2. The van der Waals surface area contributed by atoms with Crippen LogP contribution in [0.2, 0.25) is 0 Å². The van der Waals surface area contributed by atoms with E-state index in [1.54, 1.807) is 6.20 Å². The Morgan fingerprint density at radius 2 is 2.07 bits per heavy atom. The largest absolute Gasteiger partial charge is 0.310 e. The van der Waals surface area contributed by atoms with Crippen molar-refractivity contribution in [3.63, 3.8) is 0 Å². The summed E-state index contributed by atoms with van der Waals surface area (Å²) in [4.78, 5) is 8.68. The van der Waals surface area contributed by atoms with Gasteiger partial charge in [0.25, 0.3) is 0 Å². The minimum absolute atomic E-state index is 0.989.